The zero-order valence-corrected chi connectivity index (χ0v) is 12.6. The molecule has 108 valence electrons. The van der Waals surface area contributed by atoms with Crippen LogP contribution in [0.1, 0.15) is 5.56 Å². The van der Waals surface area contributed by atoms with Gasteiger partial charge in [-0.05, 0) is 17.2 Å². The van der Waals surface area contributed by atoms with Gasteiger partial charge in [-0.3, -0.25) is 10.1 Å². The van der Waals surface area contributed by atoms with Crippen molar-refractivity contribution in [1.82, 2.24) is 4.98 Å². The normalized spacial score (nSPS) is 10.7. The topological polar surface area (TPSA) is 42.0 Å². The van der Waals surface area contributed by atoms with Crippen molar-refractivity contribution in [2.75, 3.05) is 5.32 Å². The number of carbonyl (C=O) groups excluding carboxylic acids is 1. The maximum absolute atomic E-state index is 11.9. The highest BCUT2D eigenvalue weighted by Gasteiger charge is 2.05. The highest BCUT2D eigenvalue weighted by Crippen LogP contribution is 2.28. The van der Waals surface area contributed by atoms with Crippen LogP contribution in [0.3, 0.4) is 0 Å². The molecule has 0 saturated heterocycles. The van der Waals surface area contributed by atoms with Gasteiger partial charge in [0.25, 0.3) is 0 Å². The molecule has 0 fully saturated rings. The molecule has 0 radical (unpaired) electrons. The van der Waals surface area contributed by atoms with E-state index in [4.69, 9.17) is 0 Å². The van der Waals surface area contributed by atoms with E-state index in [1.807, 2.05) is 60.7 Å². The molecule has 3 rings (SSSR count). The van der Waals surface area contributed by atoms with Crippen molar-refractivity contribution in [3.8, 4) is 10.4 Å². The molecule has 3 nitrogen and oxygen atoms in total. The van der Waals surface area contributed by atoms with Crippen LogP contribution in [-0.2, 0) is 4.79 Å². The minimum atomic E-state index is -0.183. The van der Waals surface area contributed by atoms with E-state index in [-0.39, 0.29) is 5.91 Å². The SMILES string of the molecule is O=C(/C=C/c1ccccc1)Nc1ncc(-c2ccccc2)s1. The molecular formula is C18H14N2OS. The van der Waals surface area contributed by atoms with Crippen LogP contribution >= 0.6 is 11.3 Å². The molecule has 0 aliphatic rings. The summed E-state index contributed by atoms with van der Waals surface area (Å²) < 4.78 is 0. The Hall–Kier alpha value is -2.72. The summed E-state index contributed by atoms with van der Waals surface area (Å²) in [6, 6.07) is 19.7. The fourth-order valence-corrected chi connectivity index (χ4v) is 2.78. The lowest BCUT2D eigenvalue weighted by Crippen LogP contribution is -2.06. The van der Waals surface area contributed by atoms with Gasteiger partial charge < -0.3 is 0 Å². The third-order valence-electron chi connectivity index (χ3n) is 3.02. The molecule has 1 aromatic heterocycles. The van der Waals surface area contributed by atoms with E-state index in [1.165, 1.54) is 17.4 Å². The van der Waals surface area contributed by atoms with Crippen LogP contribution in [0, 0.1) is 0 Å². The Labute approximate surface area is 133 Å². The number of nitrogens with zero attached hydrogens (tertiary/aromatic N) is 1. The van der Waals surface area contributed by atoms with Gasteiger partial charge in [-0.15, -0.1) is 0 Å². The highest BCUT2D eigenvalue weighted by atomic mass is 32.1. The van der Waals surface area contributed by atoms with Gasteiger partial charge in [0.05, 0.1) is 4.88 Å². The number of anilines is 1. The number of thiazole rings is 1. The summed E-state index contributed by atoms with van der Waals surface area (Å²) in [6.07, 6.45) is 5.07. The fourth-order valence-electron chi connectivity index (χ4n) is 1.95. The molecule has 22 heavy (non-hydrogen) atoms. The van der Waals surface area contributed by atoms with Gasteiger partial charge >= 0.3 is 0 Å². The fraction of sp³-hybridized carbons (Fsp3) is 0. The van der Waals surface area contributed by atoms with E-state index >= 15 is 0 Å². The number of carbonyl (C=O) groups is 1. The van der Waals surface area contributed by atoms with E-state index in [0.717, 1.165) is 16.0 Å². The lowest BCUT2D eigenvalue weighted by atomic mass is 10.2. The Kier molecular flexibility index (Phi) is 4.41. The molecule has 0 atom stereocenters. The summed E-state index contributed by atoms with van der Waals surface area (Å²) in [6.45, 7) is 0. The molecule has 0 aliphatic heterocycles. The second-order valence-electron chi connectivity index (χ2n) is 4.63. The number of aromatic nitrogens is 1. The van der Waals surface area contributed by atoms with Gasteiger partial charge in [0.1, 0.15) is 0 Å². The third kappa shape index (κ3) is 3.68. The molecular weight excluding hydrogens is 292 g/mol. The Bertz CT molecular complexity index is 779. The van der Waals surface area contributed by atoms with Crippen molar-refractivity contribution in [3.05, 3.63) is 78.5 Å². The maximum atomic E-state index is 11.9. The summed E-state index contributed by atoms with van der Waals surface area (Å²) in [5.74, 6) is -0.183. The Morgan fingerprint density at radius 1 is 1.00 bits per heavy atom. The lowest BCUT2D eigenvalue weighted by Gasteiger charge is -1.96. The van der Waals surface area contributed by atoms with Crippen molar-refractivity contribution in [3.63, 3.8) is 0 Å². The van der Waals surface area contributed by atoms with Crippen molar-refractivity contribution >= 4 is 28.5 Å². The summed E-state index contributed by atoms with van der Waals surface area (Å²) >= 11 is 1.46. The van der Waals surface area contributed by atoms with Gasteiger partial charge in [-0.2, -0.15) is 0 Å². The van der Waals surface area contributed by atoms with E-state index in [9.17, 15) is 4.79 Å². The number of hydrogen-bond donors (Lipinski definition) is 1. The van der Waals surface area contributed by atoms with Crippen LogP contribution in [0.25, 0.3) is 16.5 Å². The van der Waals surface area contributed by atoms with Crippen molar-refractivity contribution < 1.29 is 4.79 Å². The van der Waals surface area contributed by atoms with Crippen LogP contribution in [0.15, 0.2) is 72.9 Å². The van der Waals surface area contributed by atoms with Crippen molar-refractivity contribution in [2.24, 2.45) is 0 Å². The van der Waals surface area contributed by atoms with Gasteiger partial charge in [-0.1, -0.05) is 72.0 Å². The van der Waals surface area contributed by atoms with Crippen molar-refractivity contribution in [1.29, 1.82) is 0 Å². The number of rotatable bonds is 4. The average molecular weight is 306 g/mol. The van der Waals surface area contributed by atoms with Gasteiger partial charge in [0, 0.05) is 12.3 Å². The summed E-state index contributed by atoms with van der Waals surface area (Å²) in [5.41, 5.74) is 2.09. The number of nitrogens with one attached hydrogen (secondary N) is 1. The first-order valence-corrected chi connectivity index (χ1v) is 7.68. The van der Waals surface area contributed by atoms with E-state index in [1.54, 1.807) is 12.3 Å². The van der Waals surface area contributed by atoms with Crippen LogP contribution in [-0.4, -0.2) is 10.9 Å². The number of hydrogen-bond acceptors (Lipinski definition) is 3. The van der Waals surface area contributed by atoms with Gasteiger partial charge in [0.15, 0.2) is 5.13 Å². The molecule has 0 unspecified atom stereocenters. The minimum absolute atomic E-state index is 0.183. The Morgan fingerprint density at radius 3 is 2.41 bits per heavy atom. The lowest BCUT2D eigenvalue weighted by molar-refractivity contribution is -0.111. The first-order chi connectivity index (χ1) is 10.8. The second kappa shape index (κ2) is 6.83. The monoisotopic (exact) mass is 306 g/mol. The molecule has 4 heteroatoms. The first kappa shape index (κ1) is 14.2. The Morgan fingerprint density at radius 2 is 1.68 bits per heavy atom. The molecule has 1 amide bonds. The van der Waals surface area contributed by atoms with Gasteiger partial charge in [-0.25, -0.2) is 4.98 Å². The molecule has 1 heterocycles. The van der Waals surface area contributed by atoms with E-state index in [0.29, 0.717) is 5.13 Å². The molecule has 2 aromatic carbocycles. The first-order valence-electron chi connectivity index (χ1n) is 6.86. The predicted molar refractivity (Wildman–Crippen MR) is 91.7 cm³/mol. The number of amides is 1. The maximum Gasteiger partial charge on any atom is 0.250 e. The number of benzene rings is 2. The smallest absolute Gasteiger partial charge is 0.250 e. The summed E-state index contributed by atoms with van der Waals surface area (Å²) in [5, 5.41) is 3.38. The molecule has 3 aromatic rings. The third-order valence-corrected chi connectivity index (χ3v) is 3.98. The van der Waals surface area contributed by atoms with Crippen molar-refractivity contribution in [2.45, 2.75) is 0 Å². The van der Waals surface area contributed by atoms with Crippen LogP contribution in [0.2, 0.25) is 0 Å². The Balaban J connectivity index is 1.65. The van der Waals surface area contributed by atoms with E-state index in [2.05, 4.69) is 10.3 Å². The standard InChI is InChI=1S/C18H14N2OS/c21-17(12-11-14-7-3-1-4-8-14)20-18-19-13-16(22-18)15-9-5-2-6-10-15/h1-13H,(H,19,20,21)/b12-11+. The quantitative estimate of drug-likeness (QED) is 0.723. The van der Waals surface area contributed by atoms with Crippen LogP contribution in [0.4, 0.5) is 5.13 Å². The average Bonchev–Trinajstić information content (AvgIpc) is 3.03. The summed E-state index contributed by atoms with van der Waals surface area (Å²) in [4.78, 5) is 17.2. The highest BCUT2D eigenvalue weighted by molar-refractivity contribution is 7.19. The zero-order valence-electron chi connectivity index (χ0n) is 11.8. The molecule has 0 bridgehead atoms. The zero-order chi connectivity index (χ0) is 15.2. The molecule has 0 saturated carbocycles. The van der Waals surface area contributed by atoms with E-state index < -0.39 is 0 Å². The second-order valence-corrected chi connectivity index (χ2v) is 5.66. The largest absolute Gasteiger partial charge is 0.298 e. The van der Waals surface area contributed by atoms with Gasteiger partial charge in [0.2, 0.25) is 5.91 Å². The molecule has 0 spiro atoms. The predicted octanol–water partition coefficient (Wildman–Crippen LogP) is 4.46. The molecule has 0 aliphatic carbocycles. The summed E-state index contributed by atoms with van der Waals surface area (Å²) in [7, 11) is 0. The van der Waals surface area contributed by atoms with Crippen LogP contribution < -0.4 is 5.32 Å². The van der Waals surface area contributed by atoms with Crippen LogP contribution in [0.5, 0.6) is 0 Å². The molecule has 1 N–H and O–H groups in total. The minimum Gasteiger partial charge on any atom is -0.298 e.